The zero-order chi connectivity index (χ0) is 18.4. The maximum Gasteiger partial charge on any atom is 0.256 e. The van der Waals surface area contributed by atoms with Crippen LogP contribution in [0.4, 0.5) is 0 Å². The topological polar surface area (TPSA) is 79.6 Å². The quantitative estimate of drug-likeness (QED) is 0.689. The van der Waals surface area contributed by atoms with Crippen molar-refractivity contribution in [3.05, 3.63) is 48.3 Å². The fourth-order valence-electron chi connectivity index (χ4n) is 3.29. The van der Waals surface area contributed by atoms with Crippen LogP contribution in [0.1, 0.15) is 18.4 Å². The van der Waals surface area contributed by atoms with E-state index < -0.39 is 5.60 Å². The van der Waals surface area contributed by atoms with Crippen LogP contribution >= 0.6 is 0 Å². The highest BCUT2D eigenvalue weighted by Gasteiger charge is 2.41. The molecular weight excluding hydrogens is 332 g/mol. The first-order valence-electron chi connectivity index (χ1n) is 8.93. The summed E-state index contributed by atoms with van der Waals surface area (Å²) in [5.41, 5.74) is -0.352. The lowest BCUT2D eigenvalue weighted by molar-refractivity contribution is -0.157. The van der Waals surface area contributed by atoms with Crippen molar-refractivity contribution in [2.45, 2.75) is 31.5 Å². The zero-order valence-electron chi connectivity index (χ0n) is 15.1. The predicted molar refractivity (Wildman–Crippen MR) is 97.7 cm³/mol. The molecule has 7 heteroatoms. The molecule has 140 valence electrons. The number of likely N-dealkylation sites (tertiary alicyclic amines) is 1. The van der Waals surface area contributed by atoms with Gasteiger partial charge in [0.1, 0.15) is 5.75 Å². The molecule has 2 aromatic rings. The van der Waals surface area contributed by atoms with Crippen molar-refractivity contribution in [2.75, 3.05) is 26.7 Å². The van der Waals surface area contributed by atoms with Crippen molar-refractivity contribution < 1.29 is 14.6 Å². The summed E-state index contributed by atoms with van der Waals surface area (Å²) < 4.78 is 7.05. The fourth-order valence-corrected chi connectivity index (χ4v) is 3.29. The molecule has 1 unspecified atom stereocenters. The third kappa shape index (κ3) is 4.42. The van der Waals surface area contributed by atoms with E-state index in [1.54, 1.807) is 18.2 Å². The number of hydrogen-bond donors (Lipinski definition) is 2. The lowest BCUT2D eigenvalue weighted by atomic mass is 9.91. The van der Waals surface area contributed by atoms with Gasteiger partial charge in [-0.15, -0.1) is 0 Å². The van der Waals surface area contributed by atoms with E-state index in [2.05, 4.69) is 10.4 Å². The van der Waals surface area contributed by atoms with Crippen molar-refractivity contribution in [3.63, 3.8) is 0 Å². The molecule has 26 heavy (non-hydrogen) atoms. The van der Waals surface area contributed by atoms with Crippen molar-refractivity contribution in [1.82, 2.24) is 20.0 Å². The lowest BCUT2D eigenvalue weighted by Gasteiger charge is -2.38. The van der Waals surface area contributed by atoms with Gasteiger partial charge in [-0.3, -0.25) is 9.48 Å². The van der Waals surface area contributed by atoms with Gasteiger partial charge in [-0.25, -0.2) is 0 Å². The maximum atomic E-state index is 12.8. The first-order chi connectivity index (χ1) is 12.6. The number of ether oxygens (including phenoxy) is 1. The number of nitrogens with one attached hydrogen (secondary N) is 1. The van der Waals surface area contributed by atoms with Crippen LogP contribution in [-0.4, -0.2) is 58.0 Å². The number of carbonyl (C=O) groups excluding carboxylic acids is 1. The minimum Gasteiger partial charge on any atom is -0.497 e. The number of piperidine rings is 1. The predicted octanol–water partition coefficient (Wildman–Crippen LogP) is 1.03. The van der Waals surface area contributed by atoms with Crippen molar-refractivity contribution >= 4 is 5.91 Å². The van der Waals surface area contributed by atoms with Gasteiger partial charge in [-0.2, -0.15) is 5.10 Å². The van der Waals surface area contributed by atoms with Gasteiger partial charge in [0, 0.05) is 38.6 Å². The Morgan fingerprint density at radius 1 is 1.38 bits per heavy atom. The van der Waals surface area contributed by atoms with E-state index in [0.29, 0.717) is 32.6 Å². The molecule has 2 heterocycles. The van der Waals surface area contributed by atoms with Gasteiger partial charge < -0.3 is 20.1 Å². The number of carbonyl (C=O) groups is 1. The van der Waals surface area contributed by atoms with Gasteiger partial charge >= 0.3 is 0 Å². The Bertz CT molecular complexity index is 719. The number of rotatable bonds is 8. The summed E-state index contributed by atoms with van der Waals surface area (Å²) in [4.78, 5) is 14.5. The second-order valence-electron chi connectivity index (χ2n) is 6.66. The lowest BCUT2D eigenvalue weighted by Crippen LogP contribution is -2.57. The normalized spacial score (nSPS) is 20.4. The molecule has 0 aliphatic carbocycles. The fraction of sp³-hybridized carbons (Fsp3) is 0.474. The van der Waals surface area contributed by atoms with Crippen molar-refractivity contribution in [2.24, 2.45) is 0 Å². The number of benzene rings is 1. The molecule has 1 aromatic carbocycles. The molecule has 1 atom stereocenters. The molecule has 1 saturated heterocycles. The molecule has 0 saturated carbocycles. The Morgan fingerprint density at radius 3 is 3.04 bits per heavy atom. The molecule has 1 aromatic heterocycles. The monoisotopic (exact) mass is 358 g/mol. The van der Waals surface area contributed by atoms with Crippen molar-refractivity contribution in [1.29, 1.82) is 0 Å². The SMILES string of the molecule is COc1cccc(CN2CCCC(O)(CNCCn3cccn3)C2=O)c1. The Morgan fingerprint density at radius 2 is 2.27 bits per heavy atom. The minimum absolute atomic E-state index is 0.210. The molecule has 0 radical (unpaired) electrons. The van der Waals surface area contributed by atoms with Gasteiger partial charge in [-0.05, 0) is 36.6 Å². The van der Waals surface area contributed by atoms with E-state index in [1.807, 2.05) is 41.2 Å². The average molecular weight is 358 g/mol. The number of hydrogen-bond acceptors (Lipinski definition) is 5. The van der Waals surface area contributed by atoms with Gasteiger partial charge in [0.2, 0.25) is 0 Å². The Labute approximate surface area is 153 Å². The van der Waals surface area contributed by atoms with Crippen LogP contribution in [0.2, 0.25) is 0 Å². The molecule has 2 N–H and O–H groups in total. The number of methoxy groups -OCH3 is 1. The summed E-state index contributed by atoms with van der Waals surface area (Å²) in [7, 11) is 1.62. The third-order valence-electron chi connectivity index (χ3n) is 4.71. The van der Waals surface area contributed by atoms with Crippen LogP contribution in [0.15, 0.2) is 42.7 Å². The van der Waals surface area contributed by atoms with E-state index in [0.717, 1.165) is 17.7 Å². The maximum absolute atomic E-state index is 12.8. The molecule has 0 spiro atoms. The largest absolute Gasteiger partial charge is 0.497 e. The molecule has 3 rings (SSSR count). The van der Waals surface area contributed by atoms with Crippen LogP contribution in [0, 0.1) is 0 Å². The highest BCUT2D eigenvalue weighted by atomic mass is 16.5. The van der Waals surface area contributed by atoms with E-state index in [1.165, 1.54) is 0 Å². The summed E-state index contributed by atoms with van der Waals surface area (Å²) in [6.07, 6.45) is 4.88. The number of amides is 1. The van der Waals surface area contributed by atoms with Crippen LogP contribution in [0.3, 0.4) is 0 Å². The van der Waals surface area contributed by atoms with E-state index in [4.69, 9.17) is 4.74 Å². The van der Waals surface area contributed by atoms with E-state index >= 15 is 0 Å². The Balaban J connectivity index is 1.55. The molecule has 0 bridgehead atoms. The van der Waals surface area contributed by atoms with Crippen LogP contribution in [-0.2, 0) is 17.9 Å². The summed E-state index contributed by atoms with van der Waals surface area (Å²) in [5, 5.41) is 18.2. The first kappa shape index (κ1) is 18.4. The van der Waals surface area contributed by atoms with Gasteiger partial charge in [0.05, 0.1) is 13.7 Å². The van der Waals surface area contributed by atoms with Crippen LogP contribution in [0.5, 0.6) is 5.75 Å². The standard InChI is InChI=1S/C19H26N4O3/c1-26-17-6-2-5-16(13-17)14-22-10-3-7-19(25,18(22)24)15-20-9-12-23-11-4-8-21-23/h2,4-6,8,11,13,20,25H,3,7,9-10,12,14-15H2,1H3. The molecule has 1 aliphatic heterocycles. The highest BCUT2D eigenvalue weighted by Crippen LogP contribution is 2.24. The third-order valence-corrected chi connectivity index (χ3v) is 4.71. The highest BCUT2D eigenvalue weighted by molar-refractivity contribution is 5.86. The summed E-state index contributed by atoms with van der Waals surface area (Å²) in [6, 6.07) is 9.54. The summed E-state index contributed by atoms with van der Waals surface area (Å²) in [5.74, 6) is 0.556. The van der Waals surface area contributed by atoms with Gasteiger partial charge in [0.15, 0.2) is 5.60 Å². The molecule has 1 amide bonds. The van der Waals surface area contributed by atoms with E-state index in [-0.39, 0.29) is 12.5 Å². The Kier molecular flexibility index (Phi) is 5.90. The Hall–Kier alpha value is -2.38. The first-order valence-corrected chi connectivity index (χ1v) is 8.93. The molecule has 1 fully saturated rings. The molecule has 7 nitrogen and oxygen atoms in total. The number of nitrogens with zero attached hydrogens (tertiary/aromatic N) is 3. The van der Waals surface area contributed by atoms with Gasteiger partial charge in [-0.1, -0.05) is 12.1 Å². The molecular formula is C19H26N4O3. The van der Waals surface area contributed by atoms with Crippen LogP contribution < -0.4 is 10.1 Å². The number of aliphatic hydroxyl groups is 1. The second-order valence-corrected chi connectivity index (χ2v) is 6.66. The summed E-state index contributed by atoms with van der Waals surface area (Å²) >= 11 is 0. The van der Waals surface area contributed by atoms with Crippen LogP contribution in [0.25, 0.3) is 0 Å². The van der Waals surface area contributed by atoms with E-state index in [9.17, 15) is 9.90 Å². The van der Waals surface area contributed by atoms with Gasteiger partial charge in [0.25, 0.3) is 5.91 Å². The summed E-state index contributed by atoms with van der Waals surface area (Å²) in [6.45, 7) is 2.73. The zero-order valence-corrected chi connectivity index (χ0v) is 15.1. The minimum atomic E-state index is -1.35. The molecule has 1 aliphatic rings. The smallest absolute Gasteiger partial charge is 0.256 e. The number of aromatic nitrogens is 2. The average Bonchev–Trinajstić information content (AvgIpc) is 3.17. The van der Waals surface area contributed by atoms with Crippen molar-refractivity contribution in [3.8, 4) is 5.75 Å². The second kappa shape index (κ2) is 8.33.